The molecule has 27 heavy (non-hydrogen) atoms. The maximum absolute atomic E-state index is 12.7. The first-order chi connectivity index (χ1) is 13.1. The van der Waals surface area contributed by atoms with Crippen molar-refractivity contribution < 1.29 is 9.53 Å². The van der Waals surface area contributed by atoms with Crippen LogP contribution in [0.25, 0.3) is 15.3 Å². The summed E-state index contributed by atoms with van der Waals surface area (Å²) in [6, 6.07) is 9.24. The van der Waals surface area contributed by atoms with Gasteiger partial charge < -0.3 is 10.1 Å². The number of hydrogen-bond acceptors (Lipinski definition) is 6. The van der Waals surface area contributed by atoms with E-state index in [1.165, 1.54) is 11.3 Å². The lowest BCUT2D eigenvalue weighted by atomic mass is 10.3. The number of benzene rings is 1. The number of carbonyl (C=O) groups is 1. The number of rotatable bonds is 5. The smallest absolute Gasteiger partial charge is 0.275 e. The van der Waals surface area contributed by atoms with E-state index in [2.05, 4.69) is 20.5 Å². The van der Waals surface area contributed by atoms with Gasteiger partial charge in [-0.05, 0) is 32.0 Å². The summed E-state index contributed by atoms with van der Waals surface area (Å²) < 4.78 is 9.57. The molecular formula is C18H18N6O2S. The summed E-state index contributed by atoms with van der Waals surface area (Å²) in [6.07, 6.45) is 1.61. The van der Waals surface area contributed by atoms with Crippen molar-refractivity contribution >= 4 is 33.3 Å². The molecule has 3 heterocycles. The van der Waals surface area contributed by atoms with Crippen molar-refractivity contribution in [3.05, 3.63) is 47.9 Å². The number of aromatic nitrogens is 5. The Labute approximate surface area is 159 Å². The van der Waals surface area contributed by atoms with Gasteiger partial charge in [-0.3, -0.25) is 9.48 Å². The predicted molar refractivity (Wildman–Crippen MR) is 104 cm³/mol. The van der Waals surface area contributed by atoms with Crippen LogP contribution in [-0.4, -0.2) is 37.6 Å². The third-order valence-electron chi connectivity index (χ3n) is 4.09. The molecule has 0 fully saturated rings. The molecule has 138 valence electrons. The molecule has 0 saturated carbocycles. The second-order valence-electron chi connectivity index (χ2n) is 5.90. The fourth-order valence-electron chi connectivity index (χ4n) is 2.80. The van der Waals surface area contributed by atoms with Crippen molar-refractivity contribution in [1.29, 1.82) is 0 Å². The zero-order valence-corrected chi connectivity index (χ0v) is 15.9. The molecule has 3 aromatic heterocycles. The second kappa shape index (κ2) is 6.84. The Balaban J connectivity index is 1.70. The normalized spacial score (nSPS) is 11.1. The molecule has 0 unspecified atom stereocenters. The first-order valence-electron chi connectivity index (χ1n) is 8.44. The van der Waals surface area contributed by atoms with Gasteiger partial charge in [-0.15, -0.1) is 0 Å². The van der Waals surface area contributed by atoms with E-state index in [9.17, 15) is 4.79 Å². The molecule has 1 N–H and O–H groups in total. The van der Waals surface area contributed by atoms with Gasteiger partial charge in [-0.2, -0.15) is 14.9 Å². The van der Waals surface area contributed by atoms with E-state index >= 15 is 0 Å². The molecule has 0 aliphatic heterocycles. The lowest BCUT2D eigenvalue weighted by Crippen LogP contribution is -2.19. The van der Waals surface area contributed by atoms with Crippen molar-refractivity contribution in [3.63, 3.8) is 0 Å². The highest BCUT2D eigenvalue weighted by molar-refractivity contribution is 7.20. The van der Waals surface area contributed by atoms with Gasteiger partial charge in [0.15, 0.2) is 0 Å². The van der Waals surface area contributed by atoms with Crippen LogP contribution in [0.5, 0.6) is 5.75 Å². The Hall–Kier alpha value is -3.20. The summed E-state index contributed by atoms with van der Waals surface area (Å²) >= 11 is 1.49. The number of ether oxygens (including phenoxy) is 1. The minimum Gasteiger partial charge on any atom is -0.497 e. The van der Waals surface area contributed by atoms with Crippen LogP contribution in [0.4, 0.5) is 5.82 Å². The number of carbonyl (C=O) groups excluding carboxylic acids is 1. The number of hydrogen-bond donors (Lipinski definition) is 1. The van der Waals surface area contributed by atoms with Gasteiger partial charge in [0.2, 0.25) is 5.13 Å². The molecule has 4 rings (SSSR count). The maximum Gasteiger partial charge on any atom is 0.275 e. The second-order valence-corrected chi connectivity index (χ2v) is 6.91. The zero-order chi connectivity index (χ0) is 19.0. The van der Waals surface area contributed by atoms with Crippen molar-refractivity contribution in [1.82, 2.24) is 24.5 Å². The standard InChI is InChI=1S/C18H18N6O2S/c1-4-23-14(7-8-19-23)17(25)21-16-9-11(2)22-24(16)18-20-13-10-12(26-3)5-6-15(13)27-18/h5-10H,4H2,1-3H3,(H,21,25). The van der Waals surface area contributed by atoms with Crippen LogP contribution in [0, 0.1) is 6.92 Å². The predicted octanol–water partition coefficient (Wildman–Crippen LogP) is 3.27. The Morgan fingerprint density at radius 2 is 2.15 bits per heavy atom. The molecule has 1 aromatic carbocycles. The van der Waals surface area contributed by atoms with E-state index in [1.807, 2.05) is 38.1 Å². The van der Waals surface area contributed by atoms with Crippen LogP contribution < -0.4 is 10.1 Å². The quantitative estimate of drug-likeness (QED) is 0.572. The van der Waals surface area contributed by atoms with Gasteiger partial charge in [0.05, 0.1) is 23.0 Å². The number of thiazole rings is 1. The van der Waals surface area contributed by atoms with Crippen LogP contribution in [0.15, 0.2) is 36.5 Å². The van der Waals surface area contributed by atoms with Crippen molar-refractivity contribution in [2.75, 3.05) is 12.4 Å². The molecular weight excluding hydrogens is 364 g/mol. The van der Waals surface area contributed by atoms with Gasteiger partial charge in [-0.25, -0.2) is 4.98 Å². The van der Waals surface area contributed by atoms with E-state index < -0.39 is 0 Å². The Kier molecular flexibility index (Phi) is 4.36. The summed E-state index contributed by atoms with van der Waals surface area (Å²) in [6.45, 7) is 4.43. The van der Waals surface area contributed by atoms with E-state index in [0.717, 1.165) is 21.7 Å². The number of aryl methyl sites for hydroxylation is 2. The van der Waals surface area contributed by atoms with E-state index in [-0.39, 0.29) is 5.91 Å². The number of fused-ring (bicyclic) bond motifs is 1. The summed E-state index contributed by atoms with van der Waals surface area (Å²) in [5, 5.41) is 12.2. The summed E-state index contributed by atoms with van der Waals surface area (Å²) in [7, 11) is 1.62. The molecule has 0 radical (unpaired) electrons. The molecule has 0 aliphatic rings. The van der Waals surface area contributed by atoms with Crippen LogP contribution in [0.1, 0.15) is 23.1 Å². The minimum absolute atomic E-state index is 0.238. The Bertz CT molecular complexity index is 1130. The number of methoxy groups -OCH3 is 1. The van der Waals surface area contributed by atoms with Gasteiger partial charge in [-0.1, -0.05) is 11.3 Å². The van der Waals surface area contributed by atoms with Gasteiger partial charge in [0.25, 0.3) is 5.91 Å². The molecule has 0 spiro atoms. The summed E-state index contributed by atoms with van der Waals surface area (Å²) in [5.74, 6) is 1.07. The number of amides is 1. The van der Waals surface area contributed by atoms with Crippen LogP contribution in [0.3, 0.4) is 0 Å². The average Bonchev–Trinajstić information content (AvgIpc) is 3.38. The average molecular weight is 382 g/mol. The molecule has 4 aromatic rings. The van der Waals surface area contributed by atoms with Crippen LogP contribution >= 0.6 is 11.3 Å². The number of nitrogens with one attached hydrogen (secondary N) is 1. The van der Waals surface area contributed by atoms with Crippen LogP contribution in [0.2, 0.25) is 0 Å². The Morgan fingerprint density at radius 3 is 2.93 bits per heavy atom. The number of anilines is 1. The lowest BCUT2D eigenvalue weighted by Gasteiger charge is -2.07. The third-order valence-corrected chi connectivity index (χ3v) is 5.10. The minimum atomic E-state index is -0.238. The summed E-state index contributed by atoms with van der Waals surface area (Å²) in [4.78, 5) is 17.3. The van der Waals surface area contributed by atoms with Crippen molar-refractivity contribution in [2.45, 2.75) is 20.4 Å². The van der Waals surface area contributed by atoms with Gasteiger partial charge in [0, 0.05) is 24.9 Å². The van der Waals surface area contributed by atoms with Crippen LogP contribution in [-0.2, 0) is 6.54 Å². The molecule has 9 heteroatoms. The van der Waals surface area contributed by atoms with Gasteiger partial charge in [0.1, 0.15) is 17.3 Å². The molecule has 0 bridgehead atoms. The molecule has 1 amide bonds. The topological polar surface area (TPSA) is 86.9 Å². The lowest BCUT2D eigenvalue weighted by molar-refractivity contribution is 0.101. The van der Waals surface area contributed by atoms with Crippen molar-refractivity contribution in [2.24, 2.45) is 0 Å². The van der Waals surface area contributed by atoms with E-state index in [0.29, 0.717) is 23.2 Å². The SMILES string of the molecule is CCn1nccc1C(=O)Nc1cc(C)nn1-c1nc2cc(OC)ccc2s1. The maximum atomic E-state index is 12.7. The van der Waals surface area contributed by atoms with Crippen molar-refractivity contribution in [3.8, 4) is 10.9 Å². The van der Waals surface area contributed by atoms with Gasteiger partial charge >= 0.3 is 0 Å². The molecule has 0 aliphatic carbocycles. The zero-order valence-electron chi connectivity index (χ0n) is 15.1. The first kappa shape index (κ1) is 17.2. The fraction of sp³-hybridized carbons (Fsp3) is 0.222. The molecule has 0 saturated heterocycles. The Morgan fingerprint density at radius 1 is 1.30 bits per heavy atom. The highest BCUT2D eigenvalue weighted by Crippen LogP contribution is 2.29. The monoisotopic (exact) mass is 382 g/mol. The summed E-state index contributed by atoms with van der Waals surface area (Å²) in [5.41, 5.74) is 2.10. The molecule has 0 atom stereocenters. The first-order valence-corrected chi connectivity index (χ1v) is 9.25. The highest BCUT2D eigenvalue weighted by atomic mass is 32.1. The van der Waals surface area contributed by atoms with E-state index in [4.69, 9.17) is 4.74 Å². The highest BCUT2D eigenvalue weighted by Gasteiger charge is 2.17. The largest absolute Gasteiger partial charge is 0.497 e. The molecule has 8 nitrogen and oxygen atoms in total. The number of nitrogens with zero attached hydrogens (tertiary/aromatic N) is 5. The fourth-order valence-corrected chi connectivity index (χ4v) is 3.72. The van der Waals surface area contributed by atoms with E-state index in [1.54, 1.807) is 28.7 Å². The third kappa shape index (κ3) is 3.17.